The molecule has 0 bridgehead atoms. The van der Waals surface area contributed by atoms with Gasteiger partial charge in [0, 0.05) is 10.0 Å². The van der Waals surface area contributed by atoms with E-state index in [4.69, 9.17) is 23.2 Å². The molecule has 0 saturated heterocycles. The van der Waals surface area contributed by atoms with E-state index in [0.717, 1.165) is 4.47 Å². The lowest BCUT2D eigenvalue weighted by Gasteiger charge is -2.08. The van der Waals surface area contributed by atoms with E-state index in [2.05, 4.69) is 26.8 Å². The molecule has 1 aliphatic rings. The topological polar surface area (TPSA) is 58.2 Å². The van der Waals surface area contributed by atoms with Gasteiger partial charge >= 0.3 is 0 Å². The molecule has 0 radical (unpaired) electrons. The number of hydrogen-bond donors (Lipinski definition) is 2. The van der Waals surface area contributed by atoms with Gasteiger partial charge in [0.1, 0.15) is 4.49 Å². The van der Waals surface area contributed by atoms with Crippen LogP contribution in [0.3, 0.4) is 0 Å². The molecular formula is C15H15BrCl2N2O2. The van der Waals surface area contributed by atoms with Gasteiger partial charge in [0.15, 0.2) is 0 Å². The highest BCUT2D eigenvalue weighted by Gasteiger charge is 2.60. The van der Waals surface area contributed by atoms with Crippen molar-refractivity contribution in [1.82, 2.24) is 10.9 Å². The lowest BCUT2D eigenvalue weighted by molar-refractivity contribution is -0.123. The van der Waals surface area contributed by atoms with Crippen molar-refractivity contribution in [3.8, 4) is 0 Å². The van der Waals surface area contributed by atoms with Crippen molar-refractivity contribution < 1.29 is 9.59 Å². The minimum atomic E-state index is -0.373. The third-order valence-electron chi connectivity index (χ3n) is 3.90. The van der Waals surface area contributed by atoms with E-state index in [1.165, 1.54) is 0 Å². The number of rotatable bonds is 3. The van der Waals surface area contributed by atoms with E-state index in [0.29, 0.717) is 5.56 Å². The molecule has 0 unspecified atom stereocenters. The summed E-state index contributed by atoms with van der Waals surface area (Å²) in [6.07, 6.45) is 1.66. The summed E-state index contributed by atoms with van der Waals surface area (Å²) in [7, 11) is 0. The van der Waals surface area contributed by atoms with Gasteiger partial charge in [-0.25, -0.2) is 0 Å². The summed E-state index contributed by atoms with van der Waals surface area (Å²) in [4.78, 5) is 24.1. The number of allylic oxidation sites excluding steroid dienone is 1. The van der Waals surface area contributed by atoms with Gasteiger partial charge in [-0.1, -0.05) is 53.0 Å². The summed E-state index contributed by atoms with van der Waals surface area (Å²) in [5, 5.41) is 0. The molecule has 0 spiro atoms. The molecule has 118 valence electrons. The van der Waals surface area contributed by atoms with Gasteiger partial charge in [0.2, 0.25) is 5.91 Å². The first-order valence-corrected chi connectivity index (χ1v) is 8.17. The number of carbonyl (C=O) groups is 2. The third kappa shape index (κ3) is 3.83. The number of benzene rings is 1. The first-order valence-electron chi connectivity index (χ1n) is 6.62. The van der Waals surface area contributed by atoms with E-state index in [9.17, 15) is 9.59 Å². The molecule has 22 heavy (non-hydrogen) atoms. The van der Waals surface area contributed by atoms with Crippen LogP contribution in [0.15, 0.2) is 39.3 Å². The smallest absolute Gasteiger partial charge is 0.269 e. The fourth-order valence-electron chi connectivity index (χ4n) is 2.49. The Kier molecular flexibility index (Phi) is 5.20. The standard InChI is InChI=1S/C15H15BrCl2N2O2/c1-15(2)10(7-11(17)18)12(15)14(22)20-19-13(21)8-3-5-9(16)6-4-8/h3-7,10,12H,1-2H3,(H,19,21)(H,20,22)/t10-,12-/m1/s1. The van der Waals surface area contributed by atoms with Crippen LogP contribution >= 0.6 is 39.1 Å². The van der Waals surface area contributed by atoms with Crippen LogP contribution in [0.5, 0.6) is 0 Å². The van der Waals surface area contributed by atoms with E-state index in [-0.39, 0.29) is 33.6 Å². The van der Waals surface area contributed by atoms with Crippen LogP contribution in [-0.2, 0) is 4.79 Å². The number of hydrogen-bond acceptors (Lipinski definition) is 2. The van der Waals surface area contributed by atoms with E-state index >= 15 is 0 Å². The molecule has 0 aromatic heterocycles. The zero-order valence-electron chi connectivity index (χ0n) is 12.0. The largest absolute Gasteiger partial charge is 0.273 e. The second-order valence-corrected chi connectivity index (χ2v) is 7.65. The van der Waals surface area contributed by atoms with Gasteiger partial charge in [-0.3, -0.25) is 20.4 Å². The highest BCUT2D eigenvalue weighted by molar-refractivity contribution is 9.10. The molecule has 2 amide bonds. The van der Waals surface area contributed by atoms with Gasteiger partial charge in [-0.15, -0.1) is 0 Å². The Labute approximate surface area is 147 Å². The highest BCUT2D eigenvalue weighted by Crippen LogP contribution is 2.59. The highest BCUT2D eigenvalue weighted by atomic mass is 79.9. The first-order chi connectivity index (χ1) is 10.2. The summed E-state index contributed by atoms with van der Waals surface area (Å²) in [5.74, 6) is -0.944. The number of carbonyl (C=O) groups excluding carboxylic acids is 2. The number of hydrazine groups is 1. The zero-order valence-corrected chi connectivity index (χ0v) is 15.1. The van der Waals surface area contributed by atoms with Gasteiger partial charge in [-0.2, -0.15) is 0 Å². The van der Waals surface area contributed by atoms with Crippen LogP contribution in [0.4, 0.5) is 0 Å². The summed E-state index contributed by atoms with van der Waals surface area (Å²) >= 11 is 14.6. The minimum absolute atomic E-state index is 0.0397. The molecule has 2 N–H and O–H groups in total. The average molecular weight is 406 g/mol. The monoisotopic (exact) mass is 404 g/mol. The molecule has 1 aromatic rings. The van der Waals surface area contributed by atoms with Gasteiger partial charge in [0.25, 0.3) is 5.91 Å². The normalized spacial score (nSPS) is 21.7. The fraction of sp³-hybridized carbons (Fsp3) is 0.333. The molecule has 1 fully saturated rings. The first kappa shape index (κ1) is 17.3. The Balaban J connectivity index is 1.92. The molecular weight excluding hydrogens is 391 g/mol. The summed E-state index contributed by atoms with van der Waals surface area (Å²) in [6.45, 7) is 3.90. The second-order valence-electron chi connectivity index (χ2n) is 5.73. The van der Waals surface area contributed by atoms with E-state index < -0.39 is 0 Å². The fourth-order valence-corrected chi connectivity index (χ4v) is 3.03. The number of amides is 2. The van der Waals surface area contributed by atoms with Crippen molar-refractivity contribution >= 4 is 50.9 Å². The van der Waals surface area contributed by atoms with Crippen molar-refractivity contribution in [2.45, 2.75) is 13.8 Å². The number of halogens is 3. The lowest BCUT2D eigenvalue weighted by atomic mass is 10.1. The Hall–Kier alpha value is -1.04. The van der Waals surface area contributed by atoms with Gasteiger partial charge < -0.3 is 0 Å². The van der Waals surface area contributed by atoms with Crippen molar-refractivity contribution in [1.29, 1.82) is 0 Å². The maximum Gasteiger partial charge on any atom is 0.269 e. The van der Waals surface area contributed by atoms with Crippen LogP contribution in [0.25, 0.3) is 0 Å². The van der Waals surface area contributed by atoms with Crippen molar-refractivity contribution in [3.63, 3.8) is 0 Å². The van der Waals surface area contributed by atoms with Crippen LogP contribution in [0.2, 0.25) is 0 Å². The average Bonchev–Trinajstić information content (AvgIpc) is 2.96. The molecule has 0 aliphatic heterocycles. The Morgan fingerprint density at radius 3 is 2.32 bits per heavy atom. The van der Waals surface area contributed by atoms with Crippen LogP contribution < -0.4 is 10.9 Å². The van der Waals surface area contributed by atoms with Gasteiger partial charge in [-0.05, 0) is 41.7 Å². The molecule has 2 atom stereocenters. The predicted octanol–water partition coefficient (Wildman–Crippen LogP) is 3.80. The van der Waals surface area contributed by atoms with E-state index in [1.54, 1.807) is 30.3 Å². The van der Waals surface area contributed by atoms with Crippen LogP contribution in [-0.4, -0.2) is 11.8 Å². The van der Waals surface area contributed by atoms with Crippen molar-refractivity contribution in [2.24, 2.45) is 17.3 Å². The molecule has 4 nitrogen and oxygen atoms in total. The van der Waals surface area contributed by atoms with E-state index in [1.807, 2.05) is 13.8 Å². The van der Waals surface area contributed by atoms with Gasteiger partial charge in [0.05, 0.1) is 5.92 Å². The van der Waals surface area contributed by atoms with Crippen molar-refractivity contribution in [3.05, 3.63) is 44.9 Å². The molecule has 2 rings (SSSR count). The SMILES string of the molecule is CC1(C)[C@H](C=C(Cl)Cl)[C@@H]1C(=O)NNC(=O)c1ccc(Br)cc1. The minimum Gasteiger partial charge on any atom is -0.273 e. The molecule has 1 aromatic carbocycles. The van der Waals surface area contributed by atoms with Crippen LogP contribution in [0.1, 0.15) is 24.2 Å². The molecule has 1 saturated carbocycles. The third-order valence-corrected chi connectivity index (χ3v) is 4.68. The Morgan fingerprint density at radius 1 is 1.18 bits per heavy atom. The molecule has 1 aliphatic carbocycles. The summed E-state index contributed by atoms with van der Waals surface area (Å²) in [5.41, 5.74) is 5.08. The summed E-state index contributed by atoms with van der Waals surface area (Å²) < 4.78 is 1.02. The second kappa shape index (κ2) is 6.60. The predicted molar refractivity (Wildman–Crippen MR) is 90.3 cm³/mol. The quantitative estimate of drug-likeness (QED) is 0.751. The van der Waals surface area contributed by atoms with Crippen LogP contribution in [0, 0.1) is 17.3 Å². The zero-order chi connectivity index (χ0) is 16.5. The maximum absolute atomic E-state index is 12.2. The number of nitrogens with one attached hydrogen (secondary N) is 2. The van der Waals surface area contributed by atoms with Crippen molar-refractivity contribution in [2.75, 3.05) is 0 Å². The maximum atomic E-state index is 12.2. The molecule has 0 heterocycles. The summed E-state index contributed by atoms with van der Waals surface area (Å²) in [6, 6.07) is 6.82. The Bertz CT molecular complexity index is 625. The lowest BCUT2D eigenvalue weighted by Crippen LogP contribution is -2.43. The Morgan fingerprint density at radius 2 is 1.77 bits per heavy atom. The molecule has 7 heteroatoms.